The second-order valence-corrected chi connectivity index (χ2v) is 9.94. The minimum Gasteiger partial charge on any atom is -0.481 e. The first-order valence-electron chi connectivity index (χ1n) is 12.5. The largest absolute Gasteiger partial charge is 0.481 e. The van der Waals surface area contributed by atoms with Gasteiger partial charge < -0.3 is 20.5 Å². The van der Waals surface area contributed by atoms with E-state index in [1.165, 1.54) is 11.1 Å². The fourth-order valence-corrected chi connectivity index (χ4v) is 5.44. The zero-order valence-corrected chi connectivity index (χ0v) is 20.3. The summed E-state index contributed by atoms with van der Waals surface area (Å²) in [5.41, 5.74) is 4.63. The summed E-state index contributed by atoms with van der Waals surface area (Å²) in [4.78, 5) is 36.7. The Morgan fingerprint density at radius 3 is 2.20 bits per heavy atom. The molecule has 2 aromatic carbocycles. The van der Waals surface area contributed by atoms with E-state index in [9.17, 15) is 19.5 Å². The molecule has 7 nitrogen and oxygen atoms in total. The number of carboxylic acid groups (broad SMARTS) is 1. The second-order valence-electron chi connectivity index (χ2n) is 9.94. The second kappa shape index (κ2) is 10.9. The molecule has 1 unspecified atom stereocenters. The number of alkyl carbamates (subject to hydrolysis) is 1. The zero-order valence-electron chi connectivity index (χ0n) is 20.3. The van der Waals surface area contributed by atoms with Gasteiger partial charge in [-0.3, -0.25) is 9.59 Å². The highest BCUT2D eigenvalue weighted by molar-refractivity contribution is 5.81. The monoisotopic (exact) mass is 478 g/mol. The predicted molar refractivity (Wildman–Crippen MR) is 133 cm³/mol. The highest BCUT2D eigenvalue weighted by atomic mass is 16.5. The highest BCUT2D eigenvalue weighted by Gasteiger charge is 2.34. The van der Waals surface area contributed by atoms with Gasteiger partial charge in [0.25, 0.3) is 0 Å². The molecule has 0 radical (unpaired) electrons. The molecule has 3 atom stereocenters. The summed E-state index contributed by atoms with van der Waals surface area (Å²) < 4.78 is 5.58. The van der Waals surface area contributed by atoms with Crippen molar-refractivity contribution in [3.63, 3.8) is 0 Å². The Kier molecular flexibility index (Phi) is 7.73. The van der Waals surface area contributed by atoms with E-state index in [1.54, 1.807) is 0 Å². The number of benzene rings is 2. The van der Waals surface area contributed by atoms with Gasteiger partial charge in [-0.05, 0) is 46.9 Å². The Morgan fingerprint density at radius 2 is 1.60 bits per heavy atom. The topological polar surface area (TPSA) is 105 Å². The maximum atomic E-state index is 12.8. The van der Waals surface area contributed by atoms with Gasteiger partial charge in [0.1, 0.15) is 6.61 Å². The first-order valence-corrected chi connectivity index (χ1v) is 12.5. The van der Waals surface area contributed by atoms with Crippen molar-refractivity contribution in [1.82, 2.24) is 10.6 Å². The third-order valence-electron chi connectivity index (χ3n) is 7.47. The SMILES string of the molecule is CC(C)C(CNC(=O)OCC1c2ccccc2-c2ccccc21)C(=O)NC[C@@H]1CCC[C@@H]1C(=O)O. The maximum absolute atomic E-state index is 12.8. The maximum Gasteiger partial charge on any atom is 0.407 e. The van der Waals surface area contributed by atoms with Gasteiger partial charge in [-0.15, -0.1) is 0 Å². The molecule has 2 aliphatic carbocycles. The number of hydrogen-bond donors (Lipinski definition) is 3. The molecule has 4 rings (SSSR count). The van der Waals surface area contributed by atoms with Crippen LogP contribution in [0.15, 0.2) is 48.5 Å². The minimum absolute atomic E-state index is 0.00253. The van der Waals surface area contributed by atoms with E-state index >= 15 is 0 Å². The molecule has 3 N–H and O–H groups in total. The van der Waals surface area contributed by atoms with E-state index in [2.05, 4.69) is 34.9 Å². The first kappa shape index (κ1) is 24.8. The molecular weight excluding hydrogens is 444 g/mol. The molecule has 2 amide bonds. The number of carbonyl (C=O) groups is 3. The van der Waals surface area contributed by atoms with Crippen LogP contribution in [0.2, 0.25) is 0 Å². The van der Waals surface area contributed by atoms with Gasteiger partial charge in [-0.25, -0.2) is 4.79 Å². The van der Waals surface area contributed by atoms with Crippen molar-refractivity contribution < 1.29 is 24.2 Å². The standard InChI is InChI=1S/C28H34N2O5/c1-17(2)24(26(31)29-14-18-8-7-13-19(18)27(32)33)15-30-28(34)35-16-25-22-11-5-3-9-20(22)21-10-4-6-12-23(21)25/h3-6,9-12,17-19,24-25H,7-8,13-16H2,1-2H3,(H,29,31)(H,30,34)(H,32,33)/t18-,19-,24?/m0/s1. The normalized spacial score (nSPS) is 19.6. The molecule has 0 spiro atoms. The lowest BCUT2D eigenvalue weighted by atomic mass is 9.93. The van der Waals surface area contributed by atoms with Crippen LogP contribution in [-0.2, 0) is 14.3 Å². The van der Waals surface area contributed by atoms with Crippen molar-refractivity contribution >= 4 is 18.0 Å². The molecule has 1 saturated carbocycles. The van der Waals surface area contributed by atoms with E-state index in [4.69, 9.17) is 4.74 Å². The summed E-state index contributed by atoms with van der Waals surface area (Å²) >= 11 is 0. The Balaban J connectivity index is 1.29. The van der Waals surface area contributed by atoms with Crippen LogP contribution in [0.1, 0.15) is 50.2 Å². The molecule has 0 heterocycles. The van der Waals surface area contributed by atoms with E-state index in [1.807, 2.05) is 38.1 Å². The van der Waals surface area contributed by atoms with Crippen molar-refractivity contribution in [2.24, 2.45) is 23.7 Å². The van der Waals surface area contributed by atoms with Crippen molar-refractivity contribution in [3.8, 4) is 11.1 Å². The van der Waals surface area contributed by atoms with Crippen LogP contribution >= 0.6 is 0 Å². The molecule has 1 fully saturated rings. The van der Waals surface area contributed by atoms with Gasteiger partial charge in [0.15, 0.2) is 0 Å². The first-order chi connectivity index (χ1) is 16.9. The Bertz CT molecular complexity index is 1040. The summed E-state index contributed by atoms with van der Waals surface area (Å²) in [5, 5.41) is 15.0. The van der Waals surface area contributed by atoms with Crippen molar-refractivity contribution in [2.75, 3.05) is 19.7 Å². The van der Waals surface area contributed by atoms with Crippen LogP contribution in [-0.4, -0.2) is 42.8 Å². The number of carbonyl (C=O) groups excluding carboxylic acids is 2. The van der Waals surface area contributed by atoms with Crippen LogP contribution in [0.4, 0.5) is 4.79 Å². The zero-order chi connectivity index (χ0) is 24.9. The van der Waals surface area contributed by atoms with E-state index in [0.29, 0.717) is 13.0 Å². The lowest BCUT2D eigenvalue weighted by molar-refractivity contribution is -0.143. The van der Waals surface area contributed by atoms with Crippen LogP contribution in [0.5, 0.6) is 0 Å². The Hall–Kier alpha value is -3.35. The van der Waals surface area contributed by atoms with Gasteiger partial charge in [0.05, 0.1) is 11.8 Å². The van der Waals surface area contributed by atoms with Crippen LogP contribution in [0.25, 0.3) is 11.1 Å². The van der Waals surface area contributed by atoms with Gasteiger partial charge >= 0.3 is 12.1 Å². The summed E-state index contributed by atoms with van der Waals surface area (Å²) in [7, 11) is 0. The molecule has 0 bridgehead atoms. The summed E-state index contributed by atoms with van der Waals surface area (Å²) in [6.07, 6.45) is 1.79. The van der Waals surface area contributed by atoms with Gasteiger partial charge in [-0.2, -0.15) is 0 Å². The fourth-order valence-electron chi connectivity index (χ4n) is 5.44. The van der Waals surface area contributed by atoms with Gasteiger partial charge in [-0.1, -0.05) is 68.8 Å². The molecule has 0 aromatic heterocycles. The lowest BCUT2D eigenvalue weighted by Crippen LogP contribution is -2.43. The number of nitrogens with one attached hydrogen (secondary N) is 2. The molecule has 0 aliphatic heterocycles. The van der Waals surface area contributed by atoms with Crippen LogP contribution in [0, 0.1) is 23.7 Å². The van der Waals surface area contributed by atoms with Crippen LogP contribution in [0.3, 0.4) is 0 Å². The Labute approximate surface area is 206 Å². The molecule has 186 valence electrons. The number of carboxylic acids is 1. The van der Waals surface area contributed by atoms with Crippen molar-refractivity contribution in [2.45, 2.75) is 39.0 Å². The highest BCUT2D eigenvalue weighted by Crippen LogP contribution is 2.44. The van der Waals surface area contributed by atoms with E-state index in [-0.39, 0.29) is 36.8 Å². The third kappa shape index (κ3) is 5.50. The quantitative estimate of drug-likeness (QED) is 0.495. The molecule has 7 heteroatoms. The number of ether oxygens (including phenoxy) is 1. The number of fused-ring (bicyclic) bond motifs is 3. The smallest absolute Gasteiger partial charge is 0.407 e. The number of aliphatic carboxylic acids is 1. The average molecular weight is 479 g/mol. The van der Waals surface area contributed by atoms with E-state index < -0.39 is 23.9 Å². The fraction of sp³-hybridized carbons (Fsp3) is 0.464. The molecular formula is C28H34N2O5. The number of amides is 2. The molecule has 0 saturated heterocycles. The molecule has 35 heavy (non-hydrogen) atoms. The van der Waals surface area contributed by atoms with Gasteiger partial charge in [0, 0.05) is 19.0 Å². The number of rotatable bonds is 9. The third-order valence-corrected chi connectivity index (χ3v) is 7.47. The average Bonchev–Trinajstić information content (AvgIpc) is 3.44. The summed E-state index contributed by atoms with van der Waals surface area (Å²) in [6, 6.07) is 16.3. The minimum atomic E-state index is -0.793. The summed E-state index contributed by atoms with van der Waals surface area (Å²) in [6.45, 7) is 4.59. The van der Waals surface area contributed by atoms with Crippen molar-refractivity contribution in [1.29, 1.82) is 0 Å². The lowest BCUT2D eigenvalue weighted by Gasteiger charge is -2.23. The molecule has 2 aliphatic rings. The Morgan fingerprint density at radius 1 is 0.971 bits per heavy atom. The molecule has 2 aromatic rings. The van der Waals surface area contributed by atoms with Gasteiger partial charge in [0.2, 0.25) is 5.91 Å². The summed E-state index contributed by atoms with van der Waals surface area (Å²) in [5.74, 6) is -1.85. The van der Waals surface area contributed by atoms with Crippen molar-refractivity contribution in [3.05, 3.63) is 59.7 Å². The predicted octanol–water partition coefficient (Wildman–Crippen LogP) is 4.41. The number of hydrogen-bond acceptors (Lipinski definition) is 4. The van der Waals surface area contributed by atoms with Crippen LogP contribution < -0.4 is 10.6 Å². The van der Waals surface area contributed by atoms with E-state index in [0.717, 1.165) is 24.0 Å².